The van der Waals surface area contributed by atoms with E-state index in [1.165, 1.54) is 0 Å². The quantitative estimate of drug-likeness (QED) is 0.485. The Morgan fingerprint density at radius 2 is 2.04 bits per heavy atom. The number of hydrogen-bond donors (Lipinski definition) is 3. The number of primary amides is 1. The molecule has 0 radical (unpaired) electrons. The number of nitrogens with one attached hydrogen (secondary N) is 2. The molecule has 0 spiro atoms. The summed E-state index contributed by atoms with van der Waals surface area (Å²) in [6.07, 6.45) is 1.77. The third-order valence-corrected chi connectivity index (χ3v) is 4.13. The van der Waals surface area contributed by atoms with Crippen LogP contribution in [-0.2, 0) is 7.05 Å². The van der Waals surface area contributed by atoms with Gasteiger partial charge in [0.05, 0.1) is 30.3 Å². The molecule has 0 saturated carbocycles. The second-order valence-electron chi connectivity index (χ2n) is 6.18. The van der Waals surface area contributed by atoms with E-state index in [2.05, 4.69) is 15.6 Å². The third kappa shape index (κ3) is 3.84. The molecule has 0 unspecified atom stereocenters. The molecule has 27 heavy (non-hydrogen) atoms. The van der Waals surface area contributed by atoms with Gasteiger partial charge in [-0.3, -0.25) is 0 Å². The highest BCUT2D eigenvalue weighted by Gasteiger charge is 2.10. The van der Waals surface area contributed by atoms with E-state index in [-0.39, 0.29) is 0 Å². The van der Waals surface area contributed by atoms with Crippen LogP contribution in [0.5, 0.6) is 5.75 Å². The van der Waals surface area contributed by atoms with Gasteiger partial charge in [-0.15, -0.1) is 0 Å². The zero-order valence-corrected chi connectivity index (χ0v) is 15.7. The molecule has 8 heteroatoms. The molecular formula is C19H22N6O2. The van der Waals surface area contributed by atoms with Crippen molar-refractivity contribution in [3.8, 4) is 5.75 Å². The summed E-state index contributed by atoms with van der Waals surface area (Å²) in [4.78, 5) is 20.3. The smallest absolute Gasteiger partial charge is 0.316 e. The lowest BCUT2D eigenvalue weighted by Crippen LogP contribution is -2.19. The molecule has 1 heterocycles. The summed E-state index contributed by atoms with van der Waals surface area (Å²) in [5, 5.41) is 5.77. The van der Waals surface area contributed by atoms with Gasteiger partial charge in [-0.1, -0.05) is 6.07 Å². The fourth-order valence-electron chi connectivity index (χ4n) is 2.85. The molecule has 140 valence electrons. The molecule has 3 aromatic rings. The number of amides is 2. The van der Waals surface area contributed by atoms with Crippen LogP contribution in [0.3, 0.4) is 0 Å². The average Bonchev–Trinajstić information content (AvgIpc) is 2.98. The van der Waals surface area contributed by atoms with Gasteiger partial charge in [0.15, 0.2) is 0 Å². The van der Waals surface area contributed by atoms with Gasteiger partial charge in [0.1, 0.15) is 17.1 Å². The van der Waals surface area contributed by atoms with Crippen molar-refractivity contribution >= 4 is 40.0 Å². The van der Waals surface area contributed by atoms with Crippen LogP contribution in [0.4, 0.5) is 21.9 Å². The van der Waals surface area contributed by atoms with E-state index in [1.54, 1.807) is 31.6 Å². The van der Waals surface area contributed by atoms with E-state index in [1.807, 2.05) is 37.6 Å². The van der Waals surface area contributed by atoms with Crippen LogP contribution in [0.15, 0.2) is 41.7 Å². The number of ether oxygens (including phenoxy) is 1. The minimum absolute atomic E-state index is 0.557. The van der Waals surface area contributed by atoms with Crippen molar-refractivity contribution in [2.45, 2.75) is 13.8 Å². The second kappa shape index (κ2) is 7.36. The molecule has 0 aliphatic rings. The highest BCUT2D eigenvalue weighted by molar-refractivity contribution is 6.00. The number of urea groups is 1. The first-order chi connectivity index (χ1) is 12.9. The van der Waals surface area contributed by atoms with E-state index in [0.717, 1.165) is 22.3 Å². The largest absolute Gasteiger partial charge is 0.495 e. The summed E-state index contributed by atoms with van der Waals surface area (Å²) in [7, 11) is 3.53. The Hall–Kier alpha value is -3.55. The Morgan fingerprint density at radius 3 is 2.74 bits per heavy atom. The molecule has 0 saturated heterocycles. The molecular weight excluding hydrogens is 344 g/mol. The summed E-state index contributed by atoms with van der Waals surface area (Å²) in [5.74, 6) is 1.28. The van der Waals surface area contributed by atoms with E-state index in [4.69, 9.17) is 15.5 Å². The number of imidazole rings is 1. The predicted octanol–water partition coefficient (Wildman–Crippen LogP) is 3.54. The number of methoxy groups -OCH3 is 1. The lowest BCUT2D eigenvalue weighted by molar-refractivity contribution is 0.259. The Labute approximate surface area is 157 Å². The number of aromatic nitrogens is 2. The van der Waals surface area contributed by atoms with Crippen LogP contribution in [0.2, 0.25) is 0 Å². The van der Waals surface area contributed by atoms with Crippen molar-refractivity contribution in [2.24, 2.45) is 17.8 Å². The predicted molar refractivity (Wildman–Crippen MR) is 108 cm³/mol. The molecule has 8 nitrogen and oxygen atoms in total. The van der Waals surface area contributed by atoms with Crippen molar-refractivity contribution in [2.75, 3.05) is 17.7 Å². The summed E-state index contributed by atoms with van der Waals surface area (Å²) in [6, 6.07) is 8.60. The molecule has 2 amide bonds. The molecule has 0 aliphatic heterocycles. The number of aryl methyl sites for hydroxylation is 2. The first kappa shape index (κ1) is 18.2. The summed E-state index contributed by atoms with van der Waals surface area (Å²) in [5.41, 5.74) is 10.1. The van der Waals surface area contributed by atoms with Crippen LogP contribution in [0, 0.1) is 6.92 Å². The van der Waals surface area contributed by atoms with Crippen molar-refractivity contribution in [3.05, 3.63) is 42.2 Å². The minimum Gasteiger partial charge on any atom is -0.495 e. The van der Waals surface area contributed by atoms with Gasteiger partial charge in [0.25, 0.3) is 0 Å². The van der Waals surface area contributed by atoms with Crippen LogP contribution in [0.1, 0.15) is 12.5 Å². The van der Waals surface area contributed by atoms with Crippen LogP contribution in [0.25, 0.3) is 11.0 Å². The monoisotopic (exact) mass is 366 g/mol. The molecule has 1 aromatic heterocycles. The van der Waals surface area contributed by atoms with E-state index in [0.29, 0.717) is 23.0 Å². The number of amidine groups is 1. The van der Waals surface area contributed by atoms with Gasteiger partial charge in [0.2, 0.25) is 0 Å². The highest BCUT2D eigenvalue weighted by Crippen LogP contribution is 2.30. The Bertz CT molecular complexity index is 1040. The minimum atomic E-state index is -0.631. The lowest BCUT2D eigenvalue weighted by Gasteiger charge is -2.13. The van der Waals surface area contributed by atoms with Crippen molar-refractivity contribution in [1.82, 2.24) is 9.55 Å². The number of carbonyl (C=O) groups is 1. The van der Waals surface area contributed by atoms with Gasteiger partial charge in [-0.2, -0.15) is 0 Å². The van der Waals surface area contributed by atoms with E-state index < -0.39 is 6.03 Å². The fourth-order valence-corrected chi connectivity index (χ4v) is 2.85. The van der Waals surface area contributed by atoms with Crippen molar-refractivity contribution in [3.63, 3.8) is 0 Å². The maximum Gasteiger partial charge on any atom is 0.316 e. The van der Waals surface area contributed by atoms with Gasteiger partial charge in [-0.25, -0.2) is 14.8 Å². The Morgan fingerprint density at radius 1 is 1.26 bits per heavy atom. The second-order valence-corrected chi connectivity index (χ2v) is 6.18. The maximum absolute atomic E-state index is 11.1. The maximum atomic E-state index is 11.1. The number of aliphatic imine (C=N–C) groups is 1. The molecule has 3 rings (SSSR count). The number of carbonyl (C=O) groups excluding carboxylic acids is 1. The van der Waals surface area contributed by atoms with Crippen LogP contribution < -0.4 is 21.1 Å². The molecule has 0 aliphatic carbocycles. The van der Waals surface area contributed by atoms with Crippen molar-refractivity contribution < 1.29 is 9.53 Å². The Kier molecular flexibility index (Phi) is 4.98. The number of benzene rings is 2. The summed E-state index contributed by atoms with van der Waals surface area (Å²) < 4.78 is 7.33. The number of rotatable bonds is 4. The first-order valence-corrected chi connectivity index (χ1v) is 8.36. The number of nitrogens with two attached hydrogens (primary N) is 1. The molecule has 2 aromatic carbocycles. The van der Waals surface area contributed by atoms with Gasteiger partial charge >= 0.3 is 6.03 Å². The number of anilines is 2. The molecule has 0 bridgehead atoms. The van der Waals surface area contributed by atoms with Crippen LogP contribution >= 0.6 is 0 Å². The number of fused-ring (bicyclic) bond motifs is 1. The number of nitrogens with zero attached hydrogens (tertiary/aromatic N) is 3. The summed E-state index contributed by atoms with van der Waals surface area (Å²) in [6.45, 7) is 3.85. The molecule has 0 atom stereocenters. The van der Waals surface area contributed by atoms with Gasteiger partial charge in [0, 0.05) is 12.7 Å². The van der Waals surface area contributed by atoms with Crippen LogP contribution in [-0.4, -0.2) is 28.5 Å². The molecule has 4 N–H and O–H groups in total. The highest BCUT2D eigenvalue weighted by atomic mass is 16.5. The zero-order valence-electron chi connectivity index (χ0n) is 15.7. The van der Waals surface area contributed by atoms with E-state index in [9.17, 15) is 4.79 Å². The van der Waals surface area contributed by atoms with Gasteiger partial charge < -0.3 is 25.7 Å². The zero-order chi connectivity index (χ0) is 19.6. The first-order valence-electron chi connectivity index (χ1n) is 8.36. The van der Waals surface area contributed by atoms with Crippen molar-refractivity contribution in [1.29, 1.82) is 0 Å². The van der Waals surface area contributed by atoms with Gasteiger partial charge in [-0.05, 0) is 43.7 Å². The van der Waals surface area contributed by atoms with E-state index >= 15 is 0 Å². The average molecular weight is 366 g/mol. The molecule has 0 fully saturated rings. The topological polar surface area (TPSA) is 107 Å². The Balaban J connectivity index is 1.97. The normalized spacial score (nSPS) is 11.5. The standard InChI is InChI=1S/C19H22N6O2/c1-11-5-7-15-18(21-10-25(15)3)17(11)23-12(2)22-14-9-13(24-19(20)26)6-8-16(14)27-4/h5-10H,1-4H3,(H,22,23)(H3,20,24,26). The third-order valence-electron chi connectivity index (χ3n) is 4.13. The summed E-state index contributed by atoms with van der Waals surface area (Å²) >= 11 is 0. The fraction of sp³-hybridized carbons (Fsp3) is 0.211. The number of hydrogen-bond acceptors (Lipinski definition) is 4. The SMILES string of the molecule is COc1ccc(NC(N)=O)cc1NC(C)=Nc1c(C)ccc2c1ncn2C. The lowest BCUT2D eigenvalue weighted by atomic mass is 10.1.